The highest BCUT2D eigenvalue weighted by Gasteiger charge is 2.14. The Morgan fingerprint density at radius 1 is 1.24 bits per heavy atom. The van der Waals surface area contributed by atoms with Crippen LogP contribution in [0.5, 0.6) is 0 Å². The number of thiophene rings is 1. The predicted octanol–water partition coefficient (Wildman–Crippen LogP) is 5.18. The average molecular weight is 363 g/mol. The Labute approximate surface area is 133 Å². The highest BCUT2D eigenvalue weighted by Crippen LogP contribution is 2.30. The molecule has 106 valence electrons. The molecule has 21 heavy (non-hydrogen) atoms. The summed E-state index contributed by atoms with van der Waals surface area (Å²) in [6.07, 6.45) is 0. The molecule has 0 unspecified atom stereocenters. The second-order valence-electron chi connectivity index (χ2n) is 4.53. The fourth-order valence-corrected chi connectivity index (χ4v) is 3.48. The summed E-state index contributed by atoms with van der Waals surface area (Å²) in [5.74, 6) is 0. The Kier molecular flexibility index (Phi) is 3.90. The van der Waals surface area contributed by atoms with Crippen LogP contribution in [0, 0.1) is 10.1 Å². The van der Waals surface area contributed by atoms with Crippen LogP contribution in [0.15, 0.2) is 52.3 Å². The van der Waals surface area contributed by atoms with E-state index in [-0.39, 0.29) is 10.6 Å². The van der Waals surface area contributed by atoms with Gasteiger partial charge in [0.05, 0.1) is 4.92 Å². The number of rotatable bonds is 4. The van der Waals surface area contributed by atoms with Crippen LogP contribution in [-0.4, -0.2) is 4.92 Å². The third-order valence-electron chi connectivity index (χ3n) is 3.19. The van der Waals surface area contributed by atoms with E-state index >= 15 is 0 Å². The Hall–Kier alpha value is -1.92. The molecule has 0 aliphatic carbocycles. The van der Waals surface area contributed by atoms with Crippen LogP contribution >= 0.6 is 27.3 Å². The van der Waals surface area contributed by atoms with Crippen molar-refractivity contribution >= 4 is 48.7 Å². The Morgan fingerprint density at radius 2 is 2.05 bits per heavy atom. The molecule has 0 fully saturated rings. The summed E-state index contributed by atoms with van der Waals surface area (Å²) in [5, 5.41) is 17.5. The molecule has 4 nitrogen and oxygen atoms in total. The van der Waals surface area contributed by atoms with Gasteiger partial charge in [-0.1, -0.05) is 34.1 Å². The zero-order valence-electron chi connectivity index (χ0n) is 10.9. The maximum atomic E-state index is 11.1. The highest BCUT2D eigenvalue weighted by atomic mass is 79.9. The van der Waals surface area contributed by atoms with E-state index < -0.39 is 0 Å². The van der Waals surface area contributed by atoms with Gasteiger partial charge in [-0.2, -0.15) is 0 Å². The van der Waals surface area contributed by atoms with E-state index in [2.05, 4.69) is 38.8 Å². The van der Waals surface area contributed by atoms with Gasteiger partial charge >= 0.3 is 0 Å². The van der Waals surface area contributed by atoms with Crippen molar-refractivity contribution in [2.24, 2.45) is 0 Å². The van der Waals surface area contributed by atoms with Crippen LogP contribution in [0.25, 0.3) is 10.1 Å². The molecule has 0 spiro atoms. The molecular weight excluding hydrogens is 352 g/mol. The number of anilines is 1. The number of hydrogen-bond donors (Lipinski definition) is 1. The molecule has 0 atom stereocenters. The molecule has 0 radical (unpaired) electrons. The van der Waals surface area contributed by atoms with Crippen molar-refractivity contribution in [1.82, 2.24) is 0 Å². The largest absolute Gasteiger partial charge is 0.375 e. The molecule has 1 aromatic heterocycles. The first-order valence-corrected chi connectivity index (χ1v) is 7.95. The third kappa shape index (κ3) is 2.91. The molecule has 1 heterocycles. The molecule has 0 bridgehead atoms. The number of nitrogens with one attached hydrogen (secondary N) is 1. The monoisotopic (exact) mass is 362 g/mol. The molecule has 1 N–H and O–H groups in total. The van der Waals surface area contributed by atoms with Gasteiger partial charge in [0.15, 0.2) is 0 Å². The molecule has 3 rings (SSSR count). The molecule has 0 saturated carbocycles. The summed E-state index contributed by atoms with van der Waals surface area (Å²) in [5.41, 5.74) is 1.75. The van der Waals surface area contributed by atoms with Gasteiger partial charge in [0.2, 0.25) is 0 Å². The molecule has 0 aliphatic rings. The van der Waals surface area contributed by atoms with Crippen molar-refractivity contribution in [1.29, 1.82) is 0 Å². The van der Waals surface area contributed by atoms with Gasteiger partial charge in [-0.25, -0.2) is 0 Å². The van der Waals surface area contributed by atoms with Crippen molar-refractivity contribution in [3.05, 3.63) is 68.0 Å². The minimum absolute atomic E-state index is 0.0731. The standard InChI is InChI=1S/C15H11BrN2O2S/c16-11-5-6-13(14(7-11)18(19)20)17-8-10-9-21-15-4-2-1-3-12(10)15/h1-7,9,17H,8H2. The van der Waals surface area contributed by atoms with Crippen molar-refractivity contribution in [2.75, 3.05) is 5.32 Å². The smallest absolute Gasteiger partial charge is 0.293 e. The lowest BCUT2D eigenvalue weighted by atomic mass is 10.1. The Morgan fingerprint density at radius 3 is 2.86 bits per heavy atom. The number of benzene rings is 2. The van der Waals surface area contributed by atoms with Crippen LogP contribution < -0.4 is 5.32 Å². The first kappa shape index (κ1) is 14.0. The van der Waals surface area contributed by atoms with Gasteiger partial charge in [-0.05, 0) is 34.5 Å². The van der Waals surface area contributed by atoms with Crippen LogP contribution in [0.4, 0.5) is 11.4 Å². The lowest BCUT2D eigenvalue weighted by Crippen LogP contribution is -2.02. The maximum absolute atomic E-state index is 11.1. The summed E-state index contributed by atoms with van der Waals surface area (Å²) in [6.45, 7) is 0.562. The summed E-state index contributed by atoms with van der Waals surface area (Å²) in [7, 11) is 0. The molecule has 0 amide bonds. The first-order chi connectivity index (χ1) is 10.1. The number of halogens is 1. The van der Waals surface area contributed by atoms with Gasteiger partial charge in [0.25, 0.3) is 5.69 Å². The second-order valence-corrected chi connectivity index (χ2v) is 6.36. The van der Waals surface area contributed by atoms with Crippen LogP contribution in [-0.2, 0) is 6.54 Å². The number of fused-ring (bicyclic) bond motifs is 1. The van der Waals surface area contributed by atoms with Crippen LogP contribution in [0.2, 0.25) is 0 Å². The topological polar surface area (TPSA) is 55.2 Å². The average Bonchev–Trinajstić information content (AvgIpc) is 2.89. The maximum Gasteiger partial charge on any atom is 0.293 e. The molecule has 2 aromatic carbocycles. The van der Waals surface area contributed by atoms with E-state index in [0.717, 1.165) is 5.56 Å². The van der Waals surface area contributed by atoms with E-state index in [1.54, 1.807) is 23.5 Å². The minimum atomic E-state index is -0.376. The van der Waals surface area contributed by atoms with E-state index in [1.807, 2.05) is 12.1 Å². The summed E-state index contributed by atoms with van der Waals surface area (Å²) in [6, 6.07) is 13.2. The van der Waals surface area contributed by atoms with Gasteiger partial charge < -0.3 is 5.32 Å². The van der Waals surface area contributed by atoms with E-state index in [1.165, 1.54) is 16.2 Å². The first-order valence-electron chi connectivity index (χ1n) is 6.28. The SMILES string of the molecule is O=[N+]([O-])c1cc(Br)ccc1NCc1csc2ccccc12. The summed E-state index contributed by atoms with van der Waals surface area (Å²) in [4.78, 5) is 10.7. The fourth-order valence-electron chi connectivity index (χ4n) is 2.17. The molecule has 3 aromatic rings. The lowest BCUT2D eigenvalue weighted by Gasteiger charge is -2.07. The Bertz CT molecular complexity index is 816. The normalized spacial score (nSPS) is 10.7. The Balaban J connectivity index is 1.87. The quantitative estimate of drug-likeness (QED) is 0.513. The van der Waals surface area contributed by atoms with E-state index in [4.69, 9.17) is 0 Å². The van der Waals surface area contributed by atoms with Crippen LogP contribution in [0.3, 0.4) is 0 Å². The number of nitro groups is 1. The van der Waals surface area contributed by atoms with E-state index in [0.29, 0.717) is 16.7 Å². The lowest BCUT2D eigenvalue weighted by molar-refractivity contribution is -0.384. The van der Waals surface area contributed by atoms with Gasteiger partial charge in [0, 0.05) is 21.8 Å². The number of nitro benzene ring substituents is 1. The second kappa shape index (κ2) is 5.83. The van der Waals surface area contributed by atoms with E-state index in [9.17, 15) is 10.1 Å². The molecule has 6 heteroatoms. The highest BCUT2D eigenvalue weighted by molar-refractivity contribution is 9.10. The van der Waals surface area contributed by atoms with Crippen molar-refractivity contribution < 1.29 is 4.92 Å². The van der Waals surface area contributed by atoms with Crippen molar-refractivity contribution in [2.45, 2.75) is 6.54 Å². The fraction of sp³-hybridized carbons (Fsp3) is 0.0667. The van der Waals surface area contributed by atoms with Gasteiger partial charge in [0.1, 0.15) is 5.69 Å². The predicted molar refractivity (Wildman–Crippen MR) is 89.9 cm³/mol. The van der Waals surface area contributed by atoms with Crippen molar-refractivity contribution in [3.63, 3.8) is 0 Å². The molecular formula is C15H11BrN2O2S. The minimum Gasteiger partial charge on any atom is -0.375 e. The third-order valence-corrected chi connectivity index (χ3v) is 4.69. The number of nitrogens with zero attached hydrogens (tertiary/aromatic N) is 1. The van der Waals surface area contributed by atoms with Crippen molar-refractivity contribution in [3.8, 4) is 0 Å². The molecule has 0 saturated heterocycles. The zero-order chi connectivity index (χ0) is 14.8. The van der Waals surface area contributed by atoms with Gasteiger partial charge in [-0.3, -0.25) is 10.1 Å². The van der Waals surface area contributed by atoms with Crippen LogP contribution in [0.1, 0.15) is 5.56 Å². The zero-order valence-corrected chi connectivity index (χ0v) is 13.3. The summed E-state index contributed by atoms with van der Waals surface area (Å²) < 4.78 is 1.92. The molecule has 0 aliphatic heterocycles. The summed E-state index contributed by atoms with van der Waals surface area (Å²) >= 11 is 4.94. The number of hydrogen-bond acceptors (Lipinski definition) is 4. The van der Waals surface area contributed by atoms with Gasteiger partial charge in [-0.15, -0.1) is 11.3 Å².